The summed E-state index contributed by atoms with van der Waals surface area (Å²) < 4.78 is 58.7. The molecule has 1 aliphatic carbocycles. The number of nitrogens with zero attached hydrogens (tertiary/aromatic N) is 6. The summed E-state index contributed by atoms with van der Waals surface area (Å²) in [6.45, 7) is 2.93. The molecule has 4 aliphatic heterocycles. The second-order valence-corrected chi connectivity index (χ2v) is 13.6. The second kappa shape index (κ2) is 10.2. The number of nitrogen functional groups attached to an aromatic ring is 1. The molecule has 13 heteroatoms. The van der Waals surface area contributed by atoms with Crippen LogP contribution in [0.2, 0.25) is 0 Å². The molecule has 2 unspecified atom stereocenters. The van der Waals surface area contributed by atoms with Gasteiger partial charge in [0.1, 0.15) is 46.8 Å². The molecule has 0 radical (unpaired) electrons. The van der Waals surface area contributed by atoms with E-state index >= 15 is 8.78 Å². The number of rotatable bonds is 6. The molecule has 3 aromatic heterocycles. The number of hydrogen-bond donors (Lipinski definition) is 2. The number of ether oxygens (including phenoxy) is 1. The summed E-state index contributed by atoms with van der Waals surface area (Å²) in [7, 11) is 0. The molecular weight excluding hydrogens is 597 g/mol. The van der Waals surface area contributed by atoms with Gasteiger partial charge >= 0.3 is 6.01 Å². The molecule has 0 amide bonds. The summed E-state index contributed by atoms with van der Waals surface area (Å²) in [5, 5.41) is 13.6. The van der Waals surface area contributed by atoms with Crippen LogP contribution in [0.3, 0.4) is 0 Å². The first-order valence-corrected chi connectivity index (χ1v) is 16.2. The number of nitrogens with two attached hydrogens (primary N) is 1. The molecule has 2 bridgehead atoms. The second-order valence-electron chi connectivity index (χ2n) is 13.6. The van der Waals surface area contributed by atoms with Crippen LogP contribution < -0.4 is 20.7 Å². The van der Waals surface area contributed by atoms with Gasteiger partial charge < -0.3 is 25.1 Å². The summed E-state index contributed by atoms with van der Waals surface area (Å²) in [6.07, 6.45) is 4.75. The lowest BCUT2D eigenvalue weighted by Crippen LogP contribution is -2.52. The fourth-order valence-electron chi connectivity index (χ4n) is 8.53. The van der Waals surface area contributed by atoms with Crippen molar-refractivity contribution in [3.05, 3.63) is 35.0 Å². The molecule has 46 heavy (non-hydrogen) atoms. The predicted molar refractivity (Wildman–Crippen MR) is 164 cm³/mol. The van der Waals surface area contributed by atoms with Gasteiger partial charge in [0.05, 0.1) is 11.2 Å². The third kappa shape index (κ3) is 4.19. The van der Waals surface area contributed by atoms with E-state index < -0.39 is 23.3 Å². The van der Waals surface area contributed by atoms with Crippen molar-refractivity contribution in [2.45, 2.75) is 74.7 Å². The Morgan fingerprint density at radius 3 is 2.67 bits per heavy atom. The number of benzene rings is 1. The number of piperazine rings is 1. The van der Waals surface area contributed by atoms with E-state index in [1.165, 1.54) is 6.07 Å². The van der Waals surface area contributed by atoms with Gasteiger partial charge in [-0.15, -0.1) is 0 Å². The summed E-state index contributed by atoms with van der Waals surface area (Å²) in [5.41, 5.74) is 6.60. The molecule has 10 nitrogen and oxygen atoms in total. The molecule has 9 rings (SSSR count). The maximum Gasteiger partial charge on any atom is 0.319 e. The Labute approximate surface area is 262 Å². The van der Waals surface area contributed by atoms with Crippen molar-refractivity contribution < 1.29 is 22.3 Å². The average Bonchev–Trinajstić information content (AvgIpc) is 3.55. The van der Waals surface area contributed by atoms with E-state index in [0.29, 0.717) is 30.0 Å². The van der Waals surface area contributed by atoms with E-state index in [0.717, 1.165) is 64.2 Å². The largest absolute Gasteiger partial charge is 0.461 e. The van der Waals surface area contributed by atoms with Crippen LogP contribution in [-0.2, 0) is 0 Å². The quantitative estimate of drug-likeness (QED) is 0.302. The van der Waals surface area contributed by atoms with Crippen LogP contribution in [0.4, 0.5) is 24.9 Å². The van der Waals surface area contributed by atoms with Crippen molar-refractivity contribution >= 4 is 33.7 Å². The number of anilines is 2. The van der Waals surface area contributed by atoms with Gasteiger partial charge in [-0.2, -0.15) is 15.2 Å². The first-order chi connectivity index (χ1) is 22.3. The van der Waals surface area contributed by atoms with Crippen LogP contribution >= 0.6 is 0 Å². The summed E-state index contributed by atoms with van der Waals surface area (Å²) in [6, 6.07) is 4.69. The summed E-state index contributed by atoms with van der Waals surface area (Å²) in [4.78, 5) is 19.0. The van der Waals surface area contributed by atoms with Gasteiger partial charge in [0, 0.05) is 66.6 Å². The molecule has 4 atom stereocenters. The van der Waals surface area contributed by atoms with Crippen molar-refractivity contribution in [2.24, 2.45) is 0 Å². The highest BCUT2D eigenvalue weighted by molar-refractivity contribution is 6.03. The molecule has 7 heterocycles. The summed E-state index contributed by atoms with van der Waals surface area (Å²) in [5.74, 6) is -1.04. The van der Waals surface area contributed by atoms with Crippen LogP contribution in [-0.4, -0.2) is 76.4 Å². The molecular formula is C33H33F3N8O2. The van der Waals surface area contributed by atoms with E-state index in [4.69, 9.17) is 24.9 Å². The van der Waals surface area contributed by atoms with E-state index in [2.05, 4.69) is 20.1 Å². The van der Waals surface area contributed by atoms with Crippen LogP contribution in [0.15, 0.2) is 16.5 Å². The van der Waals surface area contributed by atoms with E-state index in [9.17, 15) is 9.65 Å². The highest BCUT2D eigenvalue weighted by atomic mass is 19.1. The van der Waals surface area contributed by atoms with Crippen molar-refractivity contribution in [1.29, 1.82) is 5.26 Å². The maximum atomic E-state index is 17.3. The monoisotopic (exact) mass is 630 g/mol. The Morgan fingerprint density at radius 2 is 1.91 bits per heavy atom. The predicted octanol–water partition coefficient (Wildman–Crippen LogP) is 4.94. The highest BCUT2D eigenvalue weighted by Crippen LogP contribution is 2.49. The number of furan rings is 1. The number of pyridine rings is 1. The number of halogens is 3. The van der Waals surface area contributed by atoms with E-state index in [1.54, 1.807) is 0 Å². The van der Waals surface area contributed by atoms with Crippen molar-refractivity contribution in [3.8, 4) is 23.2 Å². The first kappa shape index (κ1) is 28.1. The molecule has 4 saturated heterocycles. The lowest BCUT2D eigenvalue weighted by atomic mass is 9.94. The first-order valence-electron chi connectivity index (χ1n) is 16.2. The molecule has 0 spiro atoms. The van der Waals surface area contributed by atoms with Gasteiger partial charge in [-0.25, -0.2) is 18.2 Å². The number of fused-ring (bicyclic) bond motifs is 5. The van der Waals surface area contributed by atoms with Crippen LogP contribution in [0.1, 0.15) is 62.1 Å². The molecule has 4 aromatic rings. The topological polar surface area (TPSA) is 129 Å². The zero-order chi connectivity index (χ0) is 31.3. The van der Waals surface area contributed by atoms with Gasteiger partial charge in [0.15, 0.2) is 11.6 Å². The number of nitriles is 1. The Hall–Kier alpha value is -4.15. The maximum absolute atomic E-state index is 17.3. The lowest BCUT2D eigenvalue weighted by molar-refractivity contribution is 0.107. The minimum absolute atomic E-state index is 0.00412. The zero-order valence-corrected chi connectivity index (χ0v) is 25.2. The van der Waals surface area contributed by atoms with E-state index in [1.807, 2.05) is 6.07 Å². The fourth-order valence-corrected chi connectivity index (χ4v) is 8.53. The molecule has 5 aliphatic rings. The Bertz CT molecular complexity index is 1940. The van der Waals surface area contributed by atoms with Crippen LogP contribution in [0.5, 0.6) is 6.01 Å². The molecule has 1 aromatic carbocycles. The number of aromatic nitrogens is 3. The van der Waals surface area contributed by atoms with E-state index in [-0.39, 0.29) is 69.7 Å². The minimum Gasteiger partial charge on any atom is -0.461 e. The Morgan fingerprint density at radius 1 is 1.11 bits per heavy atom. The Balaban J connectivity index is 1.26. The third-order valence-electron chi connectivity index (χ3n) is 10.7. The summed E-state index contributed by atoms with van der Waals surface area (Å²) >= 11 is 0. The standard InChI is InChI=1S/C33H33F3N8O2/c34-17-8-21(24-22(11-37)30(38)46-23(24)9-17)25-26(36)28-29(40-27(25)16-2-3-16)31(44-19-4-5-20(44)13-39-12-19)42-32(41-28)45-15-33-6-1-7-43(33)14-18(35)10-33/h8-9,16,18-20,39H,1-7,10,12-15,38H2/t18-,19?,20?,33+/m1/s1. The van der Waals surface area contributed by atoms with Gasteiger partial charge in [-0.3, -0.25) is 4.90 Å². The SMILES string of the molecule is N#Cc1c(N)oc2cc(F)cc(-c3c(C4CC4)nc4c(N5C6CCC5CNC6)nc(OC[C@@]56CCCN5C[C@H](F)C6)nc4c3F)c12. The smallest absolute Gasteiger partial charge is 0.319 e. The van der Waals surface area contributed by atoms with Crippen LogP contribution in [0, 0.1) is 23.0 Å². The van der Waals surface area contributed by atoms with Crippen molar-refractivity contribution in [3.63, 3.8) is 0 Å². The highest BCUT2D eigenvalue weighted by Gasteiger charge is 2.49. The van der Waals surface area contributed by atoms with Gasteiger partial charge in [0.25, 0.3) is 0 Å². The molecule has 3 N–H and O–H groups in total. The minimum atomic E-state index is -0.920. The molecule has 1 saturated carbocycles. The number of hydrogen-bond acceptors (Lipinski definition) is 10. The lowest BCUT2D eigenvalue weighted by Gasteiger charge is -2.37. The van der Waals surface area contributed by atoms with Gasteiger partial charge in [-0.1, -0.05) is 0 Å². The third-order valence-corrected chi connectivity index (χ3v) is 10.7. The molecule has 238 valence electrons. The van der Waals surface area contributed by atoms with Crippen LogP contribution in [0.25, 0.3) is 33.1 Å². The normalized spacial score (nSPS) is 27.5. The Kier molecular flexibility index (Phi) is 6.22. The number of nitrogens with one attached hydrogen (secondary N) is 1. The molecule has 5 fully saturated rings. The van der Waals surface area contributed by atoms with Crippen molar-refractivity contribution in [1.82, 2.24) is 25.2 Å². The fraction of sp³-hybridized carbons (Fsp3) is 0.515. The van der Waals surface area contributed by atoms with Crippen molar-refractivity contribution in [2.75, 3.05) is 43.4 Å². The average molecular weight is 631 g/mol. The number of alkyl halides is 1. The zero-order valence-electron chi connectivity index (χ0n) is 25.2. The van der Waals surface area contributed by atoms with Gasteiger partial charge in [-0.05, 0) is 51.1 Å². The van der Waals surface area contributed by atoms with Gasteiger partial charge in [0.2, 0.25) is 5.88 Å².